The average molecular weight is 267 g/mol. The van der Waals surface area contributed by atoms with Gasteiger partial charge in [-0.05, 0) is 47.7 Å². The van der Waals surface area contributed by atoms with Crippen LogP contribution in [-0.4, -0.2) is 13.3 Å². The second-order valence-electron chi connectivity index (χ2n) is 5.40. The quantitative estimate of drug-likeness (QED) is 0.861. The van der Waals surface area contributed by atoms with Crippen LogP contribution in [0.25, 0.3) is 0 Å². The molecule has 2 heterocycles. The average Bonchev–Trinajstić information content (AvgIpc) is 2.92. The molecule has 0 spiro atoms. The lowest BCUT2D eigenvalue weighted by molar-refractivity contribution is 0.174. The summed E-state index contributed by atoms with van der Waals surface area (Å²) >= 11 is 0. The fourth-order valence-electron chi connectivity index (χ4n) is 3.13. The molecule has 0 radical (unpaired) electrons. The number of benzene rings is 2. The predicted octanol–water partition coefficient (Wildman–Crippen LogP) is 2.96. The molecule has 1 atom stereocenters. The van der Waals surface area contributed by atoms with Crippen LogP contribution >= 0.6 is 0 Å². The molecule has 3 heteroatoms. The molecule has 0 amide bonds. The van der Waals surface area contributed by atoms with Crippen molar-refractivity contribution in [3.05, 3.63) is 58.7 Å². The summed E-state index contributed by atoms with van der Waals surface area (Å²) < 4.78 is 11.0. The van der Waals surface area contributed by atoms with Gasteiger partial charge in [0, 0.05) is 6.54 Å². The molecule has 4 rings (SSSR count). The number of hydrogen-bond acceptors (Lipinski definition) is 3. The molecular weight excluding hydrogens is 250 g/mol. The van der Waals surface area contributed by atoms with Gasteiger partial charge in [0.15, 0.2) is 11.5 Å². The lowest BCUT2D eigenvalue weighted by atomic mass is 9.87. The van der Waals surface area contributed by atoms with Crippen LogP contribution in [0.3, 0.4) is 0 Å². The van der Waals surface area contributed by atoms with Crippen molar-refractivity contribution in [2.45, 2.75) is 19.4 Å². The Morgan fingerprint density at radius 3 is 2.70 bits per heavy atom. The molecule has 3 nitrogen and oxygen atoms in total. The van der Waals surface area contributed by atoms with E-state index in [-0.39, 0.29) is 6.04 Å². The summed E-state index contributed by atoms with van der Waals surface area (Å²) in [6, 6.07) is 13.1. The van der Waals surface area contributed by atoms with Gasteiger partial charge >= 0.3 is 0 Å². The number of rotatable bonds is 1. The van der Waals surface area contributed by atoms with Gasteiger partial charge in [-0.2, -0.15) is 0 Å². The first kappa shape index (κ1) is 11.8. The monoisotopic (exact) mass is 267 g/mol. The molecule has 0 saturated carbocycles. The molecule has 2 aromatic carbocycles. The van der Waals surface area contributed by atoms with Crippen molar-refractivity contribution in [1.82, 2.24) is 5.32 Å². The van der Waals surface area contributed by atoms with Gasteiger partial charge in [0.1, 0.15) is 0 Å². The van der Waals surface area contributed by atoms with Crippen molar-refractivity contribution in [3.63, 3.8) is 0 Å². The van der Waals surface area contributed by atoms with Crippen LogP contribution in [0.5, 0.6) is 11.5 Å². The van der Waals surface area contributed by atoms with Gasteiger partial charge in [-0.1, -0.05) is 24.3 Å². The van der Waals surface area contributed by atoms with E-state index in [4.69, 9.17) is 9.47 Å². The zero-order valence-electron chi connectivity index (χ0n) is 11.5. The minimum absolute atomic E-state index is 0.245. The van der Waals surface area contributed by atoms with Crippen LogP contribution in [0.2, 0.25) is 0 Å². The van der Waals surface area contributed by atoms with Crippen molar-refractivity contribution >= 4 is 0 Å². The third-order valence-electron chi connectivity index (χ3n) is 4.19. The summed E-state index contributed by atoms with van der Waals surface area (Å²) in [5.74, 6) is 1.75. The highest BCUT2D eigenvalue weighted by atomic mass is 16.7. The Morgan fingerprint density at radius 1 is 1.05 bits per heavy atom. The second kappa shape index (κ2) is 4.53. The van der Waals surface area contributed by atoms with E-state index in [1.807, 2.05) is 0 Å². The highest BCUT2D eigenvalue weighted by molar-refractivity contribution is 5.53. The zero-order valence-corrected chi connectivity index (χ0v) is 11.5. The van der Waals surface area contributed by atoms with Crippen LogP contribution in [-0.2, 0) is 6.42 Å². The van der Waals surface area contributed by atoms with Crippen LogP contribution in [0.15, 0.2) is 36.4 Å². The number of aryl methyl sites for hydroxylation is 1. The maximum absolute atomic E-state index is 5.53. The molecule has 0 aliphatic carbocycles. The highest BCUT2D eigenvalue weighted by Gasteiger charge is 2.26. The summed E-state index contributed by atoms with van der Waals surface area (Å²) in [7, 11) is 0. The summed E-state index contributed by atoms with van der Waals surface area (Å²) in [5, 5.41) is 3.63. The third kappa shape index (κ3) is 1.78. The molecular formula is C17H17NO2. The number of hydrogen-bond donors (Lipinski definition) is 1. The molecule has 2 aromatic rings. The van der Waals surface area contributed by atoms with Gasteiger partial charge in [0.05, 0.1) is 6.04 Å². The Labute approximate surface area is 118 Å². The SMILES string of the molecule is Cc1ccccc1C1NCCc2cc3c(cc21)OCO3. The van der Waals surface area contributed by atoms with E-state index in [9.17, 15) is 0 Å². The smallest absolute Gasteiger partial charge is 0.231 e. The molecule has 20 heavy (non-hydrogen) atoms. The molecule has 0 aromatic heterocycles. The van der Waals surface area contributed by atoms with Gasteiger partial charge < -0.3 is 14.8 Å². The van der Waals surface area contributed by atoms with Gasteiger partial charge in [-0.3, -0.25) is 0 Å². The Bertz CT molecular complexity index is 666. The molecule has 0 bridgehead atoms. The highest BCUT2D eigenvalue weighted by Crippen LogP contribution is 2.40. The summed E-state index contributed by atoms with van der Waals surface area (Å²) in [4.78, 5) is 0. The van der Waals surface area contributed by atoms with Crippen LogP contribution in [0.4, 0.5) is 0 Å². The molecule has 1 N–H and O–H groups in total. The Kier molecular flexibility index (Phi) is 2.67. The van der Waals surface area contributed by atoms with E-state index in [0.717, 1.165) is 24.5 Å². The van der Waals surface area contributed by atoms with Gasteiger partial charge in [0.25, 0.3) is 0 Å². The summed E-state index contributed by atoms with van der Waals surface area (Å²) in [6.07, 6.45) is 1.04. The molecule has 0 fully saturated rings. The molecule has 2 aliphatic rings. The van der Waals surface area contributed by atoms with Crippen molar-refractivity contribution in [3.8, 4) is 11.5 Å². The van der Waals surface area contributed by atoms with Gasteiger partial charge in [-0.25, -0.2) is 0 Å². The lowest BCUT2D eigenvalue weighted by Gasteiger charge is -2.28. The molecule has 1 unspecified atom stereocenters. The van der Waals surface area contributed by atoms with Crippen LogP contribution in [0.1, 0.15) is 28.3 Å². The third-order valence-corrected chi connectivity index (χ3v) is 4.19. The fraction of sp³-hybridized carbons (Fsp3) is 0.294. The van der Waals surface area contributed by atoms with Gasteiger partial charge in [-0.15, -0.1) is 0 Å². The Hall–Kier alpha value is -2.00. The topological polar surface area (TPSA) is 30.5 Å². The minimum Gasteiger partial charge on any atom is -0.454 e. The van der Waals surface area contributed by atoms with Crippen molar-refractivity contribution in [2.75, 3.05) is 13.3 Å². The normalized spacial score (nSPS) is 19.8. The van der Waals surface area contributed by atoms with Crippen LogP contribution < -0.4 is 14.8 Å². The Balaban J connectivity index is 1.84. The number of ether oxygens (including phenoxy) is 2. The van der Waals surface area contributed by atoms with Crippen LogP contribution in [0, 0.1) is 6.92 Å². The largest absolute Gasteiger partial charge is 0.454 e. The molecule has 0 saturated heterocycles. The van der Waals surface area contributed by atoms with E-state index in [2.05, 4.69) is 48.6 Å². The number of nitrogens with one attached hydrogen (secondary N) is 1. The Morgan fingerprint density at radius 2 is 1.85 bits per heavy atom. The molecule has 102 valence electrons. The zero-order chi connectivity index (χ0) is 13.5. The second-order valence-corrected chi connectivity index (χ2v) is 5.40. The predicted molar refractivity (Wildman–Crippen MR) is 77.3 cm³/mol. The van der Waals surface area contributed by atoms with E-state index < -0.39 is 0 Å². The fourth-order valence-corrected chi connectivity index (χ4v) is 3.13. The molecule has 2 aliphatic heterocycles. The first-order valence-electron chi connectivity index (χ1n) is 7.04. The van der Waals surface area contributed by atoms with E-state index in [1.165, 1.54) is 22.3 Å². The van der Waals surface area contributed by atoms with Gasteiger partial charge in [0.2, 0.25) is 6.79 Å². The minimum atomic E-state index is 0.245. The van der Waals surface area contributed by atoms with E-state index in [1.54, 1.807) is 0 Å². The maximum atomic E-state index is 5.53. The maximum Gasteiger partial charge on any atom is 0.231 e. The first-order valence-corrected chi connectivity index (χ1v) is 7.04. The summed E-state index contributed by atoms with van der Waals surface area (Å²) in [5.41, 5.74) is 5.33. The van der Waals surface area contributed by atoms with Crippen molar-refractivity contribution in [1.29, 1.82) is 0 Å². The lowest BCUT2D eigenvalue weighted by Crippen LogP contribution is -2.31. The van der Waals surface area contributed by atoms with Crippen molar-refractivity contribution in [2.24, 2.45) is 0 Å². The first-order chi connectivity index (χ1) is 9.83. The summed E-state index contributed by atoms with van der Waals surface area (Å²) in [6.45, 7) is 3.49. The van der Waals surface area contributed by atoms with Crippen molar-refractivity contribution < 1.29 is 9.47 Å². The van der Waals surface area contributed by atoms with E-state index >= 15 is 0 Å². The van der Waals surface area contributed by atoms with E-state index in [0.29, 0.717) is 6.79 Å². The standard InChI is InChI=1S/C17H17NO2/c1-11-4-2-3-5-13(11)17-14-9-16-15(19-10-20-16)8-12(14)6-7-18-17/h2-5,8-9,17-18H,6-7,10H2,1H3. The number of fused-ring (bicyclic) bond motifs is 2.